The second-order valence-corrected chi connectivity index (χ2v) is 11.7. The second kappa shape index (κ2) is 12.6. The van der Waals surface area contributed by atoms with E-state index in [9.17, 15) is 13.6 Å². The Balaban J connectivity index is 0.000000446. The molecule has 12 heteroatoms. The van der Waals surface area contributed by atoms with E-state index < -0.39 is 23.3 Å². The van der Waals surface area contributed by atoms with Crippen molar-refractivity contribution in [3.63, 3.8) is 0 Å². The van der Waals surface area contributed by atoms with Crippen molar-refractivity contribution in [1.29, 1.82) is 0 Å². The fourth-order valence-corrected chi connectivity index (χ4v) is 5.31. The molecule has 0 radical (unpaired) electrons. The number of rotatable bonds is 6. The number of amides is 1. The maximum Gasteiger partial charge on any atom is 0.405 e. The van der Waals surface area contributed by atoms with E-state index in [1.165, 1.54) is 24.1 Å². The normalized spacial score (nSPS) is 11.5. The molecule has 0 saturated heterocycles. The van der Waals surface area contributed by atoms with Crippen molar-refractivity contribution in [3.8, 4) is 11.1 Å². The fraction of sp³-hybridized carbons (Fsp3) is 0.300. The number of primary amides is 1. The lowest BCUT2D eigenvalue weighted by atomic mass is 9.97. The third-order valence-corrected chi connectivity index (χ3v) is 7.06. The van der Waals surface area contributed by atoms with Crippen LogP contribution < -0.4 is 10.5 Å². The minimum absolute atomic E-state index is 0.453. The zero-order valence-corrected chi connectivity index (χ0v) is 25.8. The van der Waals surface area contributed by atoms with Crippen molar-refractivity contribution < 1.29 is 18.3 Å². The summed E-state index contributed by atoms with van der Waals surface area (Å²) in [5, 5.41) is 6.07. The van der Waals surface area contributed by atoms with Gasteiger partial charge in [0.25, 0.3) is 0 Å². The predicted octanol–water partition coefficient (Wildman–Crippen LogP) is 7.41. The Morgan fingerprint density at radius 3 is 2.36 bits per heavy atom. The molecule has 8 nitrogen and oxygen atoms in total. The van der Waals surface area contributed by atoms with Gasteiger partial charge in [0.2, 0.25) is 0 Å². The molecule has 3 aromatic heterocycles. The number of nitrogens with one attached hydrogen (secondary N) is 1. The Morgan fingerprint density at radius 2 is 1.76 bits per heavy atom. The Kier molecular flexibility index (Phi) is 9.32. The maximum atomic E-state index is 13.7. The number of hydrogen-bond donors (Lipinski definition) is 2. The number of fused-ring (bicyclic) bond motifs is 2. The van der Waals surface area contributed by atoms with Crippen LogP contribution in [0.4, 0.5) is 19.4 Å². The van der Waals surface area contributed by atoms with Gasteiger partial charge in [0.05, 0.1) is 27.0 Å². The molecular weight excluding hydrogens is 582 g/mol. The van der Waals surface area contributed by atoms with Gasteiger partial charge in [0.1, 0.15) is 17.2 Å². The summed E-state index contributed by atoms with van der Waals surface area (Å²) in [5.41, 5.74) is 10.3. The maximum absolute atomic E-state index is 13.7. The highest BCUT2D eigenvalue weighted by Crippen LogP contribution is 2.39. The highest BCUT2D eigenvalue weighted by molar-refractivity contribution is 7.99. The molecule has 3 N–H and O–H groups in total. The average molecular weight is 615 g/mol. The largest absolute Gasteiger partial charge is 0.444 e. The smallest absolute Gasteiger partial charge is 0.405 e. The monoisotopic (exact) mass is 614 g/mol. The van der Waals surface area contributed by atoms with Gasteiger partial charge in [0.15, 0.2) is 5.82 Å². The van der Waals surface area contributed by atoms with Crippen LogP contribution in [-0.2, 0) is 31.7 Å². The van der Waals surface area contributed by atoms with Crippen LogP contribution in [0.1, 0.15) is 32.0 Å². The Morgan fingerprint density at radius 1 is 1.07 bits per heavy atom. The standard InChI is InChI=1S/C25H22ClF2N5S.C5H11NO2/c1-32-9-8-21-22(32)13-18(20(29-21)7-4-14-10-15(27)12-16(28)11-14)17-5-6-19(26)23-24(17)33(2)30-25(23)31-34-3;1-5(2,3)8-4(6)7/h5-6,8-13H,4,7H2,1-3H3,(H,30,31);1-3H3,(H2,6,7). The van der Waals surface area contributed by atoms with Crippen molar-refractivity contribution in [2.75, 3.05) is 11.0 Å². The van der Waals surface area contributed by atoms with Crippen molar-refractivity contribution >= 4 is 57.4 Å². The van der Waals surface area contributed by atoms with E-state index >= 15 is 0 Å². The van der Waals surface area contributed by atoms with Crippen molar-refractivity contribution in [2.45, 2.75) is 39.2 Å². The molecule has 222 valence electrons. The third kappa shape index (κ3) is 7.14. The Hall–Kier alpha value is -3.83. The number of pyridine rings is 1. The first-order valence-electron chi connectivity index (χ1n) is 13.1. The fourth-order valence-electron chi connectivity index (χ4n) is 4.73. The minimum Gasteiger partial charge on any atom is -0.444 e. The summed E-state index contributed by atoms with van der Waals surface area (Å²) in [7, 11) is 3.86. The zero-order valence-electron chi connectivity index (χ0n) is 24.3. The molecule has 0 saturated carbocycles. The van der Waals surface area contributed by atoms with Crippen LogP contribution in [0.15, 0.2) is 48.7 Å². The molecule has 3 heterocycles. The quantitative estimate of drug-likeness (QED) is 0.193. The van der Waals surface area contributed by atoms with Crippen molar-refractivity contribution in [3.05, 3.63) is 76.6 Å². The number of nitrogens with two attached hydrogens (primary N) is 1. The van der Waals surface area contributed by atoms with Gasteiger partial charge in [-0.3, -0.25) is 9.67 Å². The molecule has 0 atom stereocenters. The molecule has 2 aromatic carbocycles. The second-order valence-electron chi connectivity index (χ2n) is 10.7. The summed E-state index contributed by atoms with van der Waals surface area (Å²) < 4.78 is 39.1. The molecule has 5 rings (SSSR count). The molecule has 0 aliphatic rings. The molecule has 0 bridgehead atoms. The number of anilines is 1. The number of halogens is 3. The number of aromatic nitrogens is 4. The summed E-state index contributed by atoms with van der Waals surface area (Å²) in [6.07, 6.45) is 4.14. The van der Waals surface area contributed by atoms with E-state index in [-0.39, 0.29) is 0 Å². The first-order valence-corrected chi connectivity index (χ1v) is 14.7. The number of aryl methyl sites for hydroxylation is 4. The number of benzene rings is 2. The Labute approximate surface area is 252 Å². The molecule has 0 spiro atoms. The van der Waals surface area contributed by atoms with Crippen molar-refractivity contribution in [2.24, 2.45) is 19.8 Å². The molecule has 0 aliphatic heterocycles. The van der Waals surface area contributed by atoms with Crippen LogP contribution in [0.5, 0.6) is 0 Å². The third-order valence-electron chi connectivity index (χ3n) is 6.35. The van der Waals surface area contributed by atoms with Crippen molar-refractivity contribution in [1.82, 2.24) is 19.3 Å². The summed E-state index contributed by atoms with van der Waals surface area (Å²) >= 11 is 8.04. The topological polar surface area (TPSA) is 100.0 Å². The van der Waals surface area contributed by atoms with Gasteiger partial charge in [-0.1, -0.05) is 29.6 Å². The highest BCUT2D eigenvalue weighted by Gasteiger charge is 2.20. The van der Waals surface area contributed by atoms with E-state index in [0.717, 1.165) is 44.8 Å². The van der Waals surface area contributed by atoms with Gasteiger partial charge in [-0.25, -0.2) is 13.6 Å². The van der Waals surface area contributed by atoms with E-state index in [2.05, 4.69) is 20.6 Å². The molecule has 42 heavy (non-hydrogen) atoms. The van der Waals surface area contributed by atoms with Crippen LogP contribution in [0, 0.1) is 11.6 Å². The lowest BCUT2D eigenvalue weighted by Crippen LogP contribution is -2.27. The first-order chi connectivity index (χ1) is 19.8. The summed E-state index contributed by atoms with van der Waals surface area (Å²) in [5.74, 6) is -0.462. The van der Waals surface area contributed by atoms with Crippen LogP contribution in [0.25, 0.3) is 33.1 Å². The molecule has 0 fully saturated rings. The zero-order chi connectivity index (χ0) is 30.8. The molecular formula is C30H33ClF2N6O2S. The van der Waals surface area contributed by atoms with Gasteiger partial charge in [0, 0.05) is 49.4 Å². The summed E-state index contributed by atoms with van der Waals surface area (Å²) in [6.45, 7) is 5.28. The van der Waals surface area contributed by atoms with Gasteiger partial charge in [-0.2, -0.15) is 5.10 Å². The summed E-state index contributed by atoms with van der Waals surface area (Å²) in [6, 6.07) is 11.5. The predicted molar refractivity (Wildman–Crippen MR) is 167 cm³/mol. The number of carbonyl (C=O) groups excluding carboxylic acids is 1. The van der Waals surface area contributed by atoms with Crippen LogP contribution in [0.3, 0.4) is 0 Å². The van der Waals surface area contributed by atoms with Gasteiger partial charge in [-0.15, -0.1) is 0 Å². The first kappa shape index (κ1) is 31.1. The number of nitrogens with zero attached hydrogens (tertiary/aromatic N) is 4. The van der Waals surface area contributed by atoms with Crippen LogP contribution in [-0.4, -0.2) is 37.3 Å². The molecule has 0 aliphatic carbocycles. The average Bonchev–Trinajstić information content (AvgIpc) is 3.41. The Bertz CT molecular complexity index is 1740. The SMILES string of the molecule is CC(C)(C)OC(N)=O.CSNc1nn(C)c2c(-c3cc4c(ccn4C)nc3CCc3cc(F)cc(F)c3)ccc(Cl)c12. The molecule has 0 unspecified atom stereocenters. The number of carbonyl (C=O) groups is 1. The number of ether oxygens (including phenoxy) is 1. The van der Waals surface area contributed by atoms with Crippen LogP contribution >= 0.6 is 23.5 Å². The van der Waals surface area contributed by atoms with Gasteiger partial charge in [-0.05, 0) is 69.5 Å². The molecule has 5 aromatic rings. The lowest BCUT2D eigenvalue weighted by molar-refractivity contribution is 0.0600. The lowest BCUT2D eigenvalue weighted by Gasteiger charge is -2.16. The van der Waals surface area contributed by atoms with E-state index in [4.69, 9.17) is 22.3 Å². The van der Waals surface area contributed by atoms with Gasteiger partial charge < -0.3 is 19.8 Å². The highest BCUT2D eigenvalue weighted by atomic mass is 35.5. The minimum atomic E-state index is -0.725. The van der Waals surface area contributed by atoms with Crippen LogP contribution in [0.2, 0.25) is 5.02 Å². The molecule has 1 amide bonds. The summed E-state index contributed by atoms with van der Waals surface area (Å²) in [4.78, 5) is 15.0. The van der Waals surface area contributed by atoms with Gasteiger partial charge >= 0.3 is 6.09 Å². The van der Waals surface area contributed by atoms with E-state index in [1.807, 2.05) is 54.0 Å². The van der Waals surface area contributed by atoms with E-state index in [0.29, 0.717) is 29.2 Å². The number of hydrogen-bond acceptors (Lipinski definition) is 6. The van der Waals surface area contributed by atoms with E-state index in [1.54, 1.807) is 20.8 Å².